The van der Waals surface area contributed by atoms with Crippen LogP contribution in [0.1, 0.15) is 21.0 Å². The quantitative estimate of drug-likeness (QED) is 0.499. The van der Waals surface area contributed by atoms with Crippen LogP contribution in [0.4, 0.5) is 4.39 Å². The van der Waals surface area contributed by atoms with Gasteiger partial charge in [0.05, 0.1) is 6.26 Å². The zero-order valence-corrected chi connectivity index (χ0v) is 15.1. The van der Waals surface area contributed by atoms with Crippen LogP contribution in [-0.2, 0) is 6.42 Å². The number of hydrogen-bond donors (Lipinski definition) is 1. The lowest BCUT2D eigenvalue weighted by Crippen LogP contribution is -2.12. The third-order valence-electron chi connectivity index (χ3n) is 4.35. The number of carbonyl (C=O) groups excluding carboxylic acids is 1. The van der Waals surface area contributed by atoms with Gasteiger partial charge in [-0.1, -0.05) is 48.5 Å². The molecule has 0 saturated heterocycles. The maximum absolute atomic E-state index is 14.3. The molecular weight excluding hydrogens is 361 g/mol. The van der Waals surface area contributed by atoms with Gasteiger partial charge < -0.3 is 10.2 Å². The van der Waals surface area contributed by atoms with Gasteiger partial charge in [0.15, 0.2) is 5.76 Å². The van der Waals surface area contributed by atoms with Gasteiger partial charge in [0, 0.05) is 32.9 Å². The van der Waals surface area contributed by atoms with E-state index in [1.54, 1.807) is 29.5 Å². The van der Waals surface area contributed by atoms with E-state index in [2.05, 4.69) is 0 Å². The summed E-state index contributed by atoms with van der Waals surface area (Å²) in [5.41, 5.74) is 8.15. The van der Waals surface area contributed by atoms with Crippen LogP contribution >= 0.6 is 11.3 Å². The summed E-state index contributed by atoms with van der Waals surface area (Å²) in [6, 6.07) is 20.5. The second-order valence-electron chi connectivity index (χ2n) is 6.11. The molecular formula is C22H16FNO2S. The summed E-state index contributed by atoms with van der Waals surface area (Å²) in [6.07, 6.45) is 1.84. The Kier molecular flexibility index (Phi) is 4.60. The van der Waals surface area contributed by atoms with E-state index in [4.69, 9.17) is 10.2 Å². The molecule has 5 heteroatoms. The number of amides is 1. The van der Waals surface area contributed by atoms with Crippen molar-refractivity contribution in [2.45, 2.75) is 6.42 Å². The lowest BCUT2D eigenvalue weighted by molar-refractivity contribution is 0.0973. The summed E-state index contributed by atoms with van der Waals surface area (Å²) in [4.78, 5) is 14.0. The SMILES string of the molecule is NC(=O)c1occ(-c2ccccc2F)c1Cc1ccc(-c2ccccc2)s1. The first-order valence-corrected chi connectivity index (χ1v) is 9.24. The molecule has 0 saturated carbocycles. The van der Waals surface area contributed by atoms with Crippen molar-refractivity contribution in [2.24, 2.45) is 5.73 Å². The highest BCUT2D eigenvalue weighted by atomic mass is 32.1. The molecule has 0 aliphatic rings. The number of benzene rings is 2. The van der Waals surface area contributed by atoms with Crippen molar-refractivity contribution in [3.8, 4) is 21.6 Å². The third-order valence-corrected chi connectivity index (χ3v) is 5.49. The molecule has 0 atom stereocenters. The predicted molar refractivity (Wildman–Crippen MR) is 105 cm³/mol. The van der Waals surface area contributed by atoms with Crippen molar-refractivity contribution in [2.75, 3.05) is 0 Å². The molecule has 0 aliphatic carbocycles. The number of nitrogens with two attached hydrogens (primary N) is 1. The van der Waals surface area contributed by atoms with E-state index in [1.807, 2.05) is 42.5 Å². The second-order valence-corrected chi connectivity index (χ2v) is 7.28. The molecule has 0 bridgehead atoms. The average Bonchev–Trinajstić information content (AvgIpc) is 3.31. The molecule has 0 fully saturated rings. The summed E-state index contributed by atoms with van der Waals surface area (Å²) >= 11 is 1.63. The van der Waals surface area contributed by atoms with Gasteiger partial charge in [-0.2, -0.15) is 0 Å². The fourth-order valence-corrected chi connectivity index (χ4v) is 4.10. The van der Waals surface area contributed by atoms with Crippen molar-refractivity contribution in [3.05, 3.63) is 95.0 Å². The molecule has 3 nitrogen and oxygen atoms in total. The van der Waals surface area contributed by atoms with Gasteiger partial charge in [0.2, 0.25) is 0 Å². The van der Waals surface area contributed by atoms with Crippen molar-refractivity contribution in [3.63, 3.8) is 0 Å². The zero-order chi connectivity index (χ0) is 18.8. The van der Waals surface area contributed by atoms with Gasteiger partial charge in [-0.3, -0.25) is 4.79 Å². The molecule has 2 aromatic heterocycles. The van der Waals surface area contributed by atoms with E-state index < -0.39 is 5.91 Å². The van der Waals surface area contributed by atoms with E-state index >= 15 is 0 Å². The monoisotopic (exact) mass is 377 g/mol. The molecule has 2 heterocycles. The summed E-state index contributed by atoms with van der Waals surface area (Å²) in [5, 5.41) is 0. The normalized spacial score (nSPS) is 10.9. The van der Waals surface area contributed by atoms with Crippen LogP contribution in [0, 0.1) is 5.82 Å². The van der Waals surface area contributed by atoms with Gasteiger partial charge in [0.25, 0.3) is 5.91 Å². The lowest BCUT2D eigenvalue weighted by Gasteiger charge is -2.05. The first-order chi connectivity index (χ1) is 13.1. The smallest absolute Gasteiger partial charge is 0.284 e. The Morgan fingerprint density at radius 1 is 0.963 bits per heavy atom. The van der Waals surface area contributed by atoms with Gasteiger partial charge in [0.1, 0.15) is 5.82 Å². The van der Waals surface area contributed by atoms with E-state index in [1.165, 1.54) is 12.3 Å². The molecule has 0 unspecified atom stereocenters. The van der Waals surface area contributed by atoms with Crippen LogP contribution in [0.15, 0.2) is 77.4 Å². The third kappa shape index (κ3) is 3.41. The fourth-order valence-electron chi connectivity index (χ4n) is 3.08. The second kappa shape index (κ2) is 7.21. The molecule has 4 rings (SSSR count). The Labute approximate surface area is 159 Å². The standard InChI is InChI=1S/C22H16FNO2S/c23-19-9-5-4-8-16(19)18-13-26-21(22(24)25)17(18)12-15-10-11-20(27-15)14-6-2-1-3-7-14/h1-11,13H,12H2,(H2,24,25). The van der Waals surface area contributed by atoms with E-state index in [0.29, 0.717) is 23.1 Å². The first-order valence-electron chi connectivity index (χ1n) is 8.42. The summed E-state index contributed by atoms with van der Waals surface area (Å²) in [6.45, 7) is 0. The highest BCUT2D eigenvalue weighted by Crippen LogP contribution is 2.35. The van der Waals surface area contributed by atoms with Gasteiger partial charge >= 0.3 is 0 Å². The van der Waals surface area contributed by atoms with Crippen LogP contribution in [0.2, 0.25) is 0 Å². The lowest BCUT2D eigenvalue weighted by atomic mass is 9.99. The average molecular weight is 377 g/mol. The van der Waals surface area contributed by atoms with Gasteiger partial charge in [-0.05, 0) is 23.8 Å². The van der Waals surface area contributed by atoms with Crippen LogP contribution in [0.25, 0.3) is 21.6 Å². The molecule has 2 aromatic carbocycles. The van der Waals surface area contributed by atoms with Crippen molar-refractivity contribution in [1.29, 1.82) is 0 Å². The Morgan fingerprint density at radius 3 is 2.44 bits per heavy atom. The fraction of sp³-hybridized carbons (Fsp3) is 0.0455. The van der Waals surface area contributed by atoms with Crippen molar-refractivity contribution in [1.82, 2.24) is 0 Å². The molecule has 0 radical (unpaired) electrons. The minimum Gasteiger partial charge on any atom is -0.458 e. The molecule has 27 heavy (non-hydrogen) atoms. The van der Waals surface area contributed by atoms with Crippen LogP contribution in [0.3, 0.4) is 0 Å². The van der Waals surface area contributed by atoms with Crippen LogP contribution in [-0.4, -0.2) is 5.91 Å². The summed E-state index contributed by atoms with van der Waals surface area (Å²) < 4.78 is 19.7. The Bertz CT molecular complexity index is 1100. The molecule has 4 aromatic rings. The number of halogens is 1. The van der Waals surface area contributed by atoms with Gasteiger partial charge in [-0.25, -0.2) is 4.39 Å². The van der Waals surface area contributed by atoms with Gasteiger partial charge in [-0.15, -0.1) is 11.3 Å². The molecule has 0 spiro atoms. The molecule has 2 N–H and O–H groups in total. The summed E-state index contributed by atoms with van der Waals surface area (Å²) in [5.74, 6) is -0.956. The number of rotatable bonds is 5. The Morgan fingerprint density at radius 2 is 1.70 bits per heavy atom. The minimum absolute atomic E-state index is 0.0721. The maximum atomic E-state index is 14.3. The molecule has 134 valence electrons. The summed E-state index contributed by atoms with van der Waals surface area (Å²) in [7, 11) is 0. The van der Waals surface area contributed by atoms with Crippen molar-refractivity contribution < 1.29 is 13.6 Å². The number of primary amides is 1. The van der Waals surface area contributed by atoms with Crippen molar-refractivity contribution >= 4 is 17.2 Å². The topological polar surface area (TPSA) is 56.2 Å². The largest absolute Gasteiger partial charge is 0.458 e. The number of carbonyl (C=O) groups is 1. The number of hydrogen-bond acceptors (Lipinski definition) is 3. The predicted octanol–water partition coefficient (Wildman–Crippen LogP) is 5.50. The van der Waals surface area contributed by atoms with E-state index in [9.17, 15) is 9.18 Å². The number of furan rings is 1. The Balaban J connectivity index is 1.74. The minimum atomic E-state index is -0.660. The highest BCUT2D eigenvalue weighted by Gasteiger charge is 2.21. The highest BCUT2D eigenvalue weighted by molar-refractivity contribution is 7.15. The first kappa shape index (κ1) is 17.2. The maximum Gasteiger partial charge on any atom is 0.284 e. The molecule has 1 amide bonds. The van der Waals surface area contributed by atoms with E-state index in [-0.39, 0.29) is 11.6 Å². The van der Waals surface area contributed by atoms with E-state index in [0.717, 1.165) is 15.3 Å². The van der Waals surface area contributed by atoms with Crippen LogP contribution in [0.5, 0.6) is 0 Å². The zero-order valence-electron chi connectivity index (χ0n) is 14.3. The molecule has 0 aliphatic heterocycles. The Hall–Kier alpha value is -3.18. The van der Waals surface area contributed by atoms with Crippen LogP contribution < -0.4 is 5.73 Å². The number of thiophene rings is 1.